The summed E-state index contributed by atoms with van der Waals surface area (Å²) in [7, 11) is 0. The number of nitrogens with one attached hydrogen (secondary N) is 2. The summed E-state index contributed by atoms with van der Waals surface area (Å²) in [5.74, 6) is 0.340. The summed E-state index contributed by atoms with van der Waals surface area (Å²) < 4.78 is 11.2. The van der Waals surface area contributed by atoms with Gasteiger partial charge in [0.2, 0.25) is 0 Å². The van der Waals surface area contributed by atoms with E-state index in [1.165, 1.54) is 0 Å². The van der Waals surface area contributed by atoms with E-state index in [1.807, 2.05) is 50.2 Å². The van der Waals surface area contributed by atoms with Crippen LogP contribution in [-0.2, 0) is 14.3 Å². The zero-order valence-corrected chi connectivity index (χ0v) is 22.0. The smallest absolute Gasteiger partial charge is 0.329 e. The minimum absolute atomic E-state index is 0.0215. The molecule has 2 aromatic rings. The molecule has 9 nitrogen and oxygen atoms in total. The third-order valence-corrected chi connectivity index (χ3v) is 9.03. The average molecular weight is 533 g/mol. The molecule has 5 aliphatic rings. The maximum Gasteiger partial charge on any atom is 0.329 e. The number of anilines is 1. The third kappa shape index (κ3) is 3.81. The minimum Gasteiger partial charge on any atom is -0.490 e. The number of likely N-dealkylation sites (tertiary alicyclic amines) is 1. The standard InChI is InChI=1S/C28H28N4O5S/c1-28(2)13-19-23(24(33)30-28)38-27(29-19)31-9-10-36-22-8-7-17(11-20(22)31)15-3-5-16(6-4-15)25(34)32-14-18-12-21(32)26(35)37-18/h3-8,11,18,21,27,29H,9-10,12-14H2,1-2H3,(H,30,33)/t18-,21-,27?/m1/s1. The largest absolute Gasteiger partial charge is 0.490 e. The molecule has 5 heterocycles. The summed E-state index contributed by atoms with van der Waals surface area (Å²) in [6, 6.07) is 13.1. The molecule has 10 heteroatoms. The minimum atomic E-state index is -0.460. The fourth-order valence-corrected chi connectivity index (χ4v) is 7.15. The molecule has 2 bridgehead atoms. The SMILES string of the molecule is CC1(C)CC2=C(SC(N3CCOc4ccc(-c5ccc(C(=O)N6C[C@H]7C[C@@H]6C(=O)O7)cc5)cc43)N2)C(=O)N1. The molecule has 38 heavy (non-hydrogen) atoms. The van der Waals surface area contributed by atoms with Crippen LogP contribution in [0, 0.1) is 0 Å². The molecule has 0 radical (unpaired) electrons. The number of hydrogen-bond acceptors (Lipinski definition) is 8. The van der Waals surface area contributed by atoms with Gasteiger partial charge in [-0.1, -0.05) is 30.0 Å². The number of nitrogens with zero attached hydrogens (tertiary/aromatic N) is 2. The highest BCUT2D eigenvalue weighted by Crippen LogP contribution is 2.44. The van der Waals surface area contributed by atoms with Crippen LogP contribution >= 0.6 is 11.8 Å². The predicted molar refractivity (Wildman–Crippen MR) is 142 cm³/mol. The van der Waals surface area contributed by atoms with Gasteiger partial charge in [-0.25, -0.2) is 4.79 Å². The van der Waals surface area contributed by atoms with E-state index < -0.39 is 6.04 Å². The fourth-order valence-electron chi connectivity index (χ4n) is 5.95. The topological polar surface area (TPSA) is 100 Å². The first-order valence-corrected chi connectivity index (χ1v) is 13.8. The van der Waals surface area contributed by atoms with Gasteiger partial charge in [0.25, 0.3) is 11.8 Å². The number of carbonyl (C=O) groups is 3. The van der Waals surface area contributed by atoms with Crippen molar-refractivity contribution in [2.24, 2.45) is 0 Å². The van der Waals surface area contributed by atoms with Gasteiger partial charge in [0.05, 0.1) is 23.7 Å². The number of thioether (sulfide) groups is 1. The summed E-state index contributed by atoms with van der Waals surface area (Å²) in [6.07, 6.45) is 1.18. The number of hydrogen-bond donors (Lipinski definition) is 2. The normalized spacial score (nSPS) is 26.8. The molecule has 7 rings (SSSR count). The summed E-state index contributed by atoms with van der Waals surface area (Å²) in [5, 5.41) is 6.68. The second-order valence-electron chi connectivity index (χ2n) is 11.0. The van der Waals surface area contributed by atoms with Crippen LogP contribution < -0.4 is 20.3 Å². The lowest BCUT2D eigenvalue weighted by Gasteiger charge is -2.36. The number of rotatable bonds is 3. The van der Waals surface area contributed by atoms with Crippen LogP contribution in [-0.4, -0.2) is 65.6 Å². The number of morpholine rings is 1. The van der Waals surface area contributed by atoms with E-state index in [0.717, 1.165) is 39.6 Å². The van der Waals surface area contributed by atoms with Crippen molar-refractivity contribution >= 4 is 35.2 Å². The van der Waals surface area contributed by atoms with Crippen LogP contribution in [0.15, 0.2) is 53.1 Å². The van der Waals surface area contributed by atoms with E-state index in [-0.39, 0.29) is 34.9 Å². The number of amides is 2. The molecule has 2 N–H and O–H groups in total. The lowest BCUT2D eigenvalue weighted by Crippen LogP contribution is -2.49. The van der Waals surface area contributed by atoms with Gasteiger partial charge in [-0.05, 0) is 49.2 Å². The third-order valence-electron chi connectivity index (χ3n) is 7.76. The van der Waals surface area contributed by atoms with Crippen molar-refractivity contribution in [1.82, 2.24) is 15.5 Å². The van der Waals surface area contributed by atoms with Crippen LogP contribution in [0.4, 0.5) is 5.69 Å². The quantitative estimate of drug-likeness (QED) is 0.583. The van der Waals surface area contributed by atoms with Crippen molar-refractivity contribution in [2.45, 2.75) is 49.9 Å². The number of esters is 1. The first kappa shape index (κ1) is 23.5. The highest BCUT2D eigenvalue weighted by molar-refractivity contribution is 8.04. The summed E-state index contributed by atoms with van der Waals surface area (Å²) >= 11 is 1.55. The number of ether oxygens (including phenoxy) is 2. The van der Waals surface area contributed by atoms with E-state index in [1.54, 1.807) is 16.7 Å². The van der Waals surface area contributed by atoms with Crippen molar-refractivity contribution in [3.05, 3.63) is 58.6 Å². The van der Waals surface area contributed by atoms with Crippen LogP contribution in [0.1, 0.15) is 37.0 Å². The Kier molecular flexibility index (Phi) is 5.20. The van der Waals surface area contributed by atoms with Crippen molar-refractivity contribution in [1.29, 1.82) is 0 Å². The maximum absolute atomic E-state index is 13.0. The molecule has 5 aliphatic heterocycles. The van der Waals surface area contributed by atoms with Gasteiger partial charge < -0.3 is 29.9 Å². The van der Waals surface area contributed by atoms with Crippen molar-refractivity contribution in [3.63, 3.8) is 0 Å². The van der Waals surface area contributed by atoms with Crippen molar-refractivity contribution < 1.29 is 23.9 Å². The Bertz CT molecular complexity index is 1400. The Morgan fingerprint density at radius 3 is 2.66 bits per heavy atom. The summed E-state index contributed by atoms with van der Waals surface area (Å²) in [4.78, 5) is 42.3. The monoisotopic (exact) mass is 532 g/mol. The van der Waals surface area contributed by atoms with E-state index in [9.17, 15) is 14.4 Å². The Morgan fingerprint density at radius 1 is 1.11 bits per heavy atom. The van der Waals surface area contributed by atoms with Gasteiger partial charge in [0.15, 0.2) is 5.50 Å². The molecule has 196 valence electrons. The molecule has 0 aromatic heterocycles. The Balaban J connectivity index is 1.11. The molecule has 1 unspecified atom stereocenters. The number of benzene rings is 2. The molecule has 2 aromatic carbocycles. The van der Waals surface area contributed by atoms with Crippen LogP contribution in [0.2, 0.25) is 0 Å². The first-order chi connectivity index (χ1) is 18.3. The second-order valence-corrected chi connectivity index (χ2v) is 12.1. The van der Waals surface area contributed by atoms with E-state index in [2.05, 4.69) is 21.6 Å². The first-order valence-electron chi connectivity index (χ1n) is 12.9. The Morgan fingerprint density at radius 2 is 1.89 bits per heavy atom. The van der Waals surface area contributed by atoms with Crippen LogP contribution in [0.5, 0.6) is 5.75 Å². The van der Waals surface area contributed by atoms with Gasteiger partial charge in [-0.3, -0.25) is 9.59 Å². The Hall–Kier alpha value is -3.66. The maximum atomic E-state index is 13.0. The zero-order chi connectivity index (χ0) is 26.2. The second kappa shape index (κ2) is 8.42. The predicted octanol–water partition coefficient (Wildman–Crippen LogP) is 2.82. The van der Waals surface area contributed by atoms with Gasteiger partial charge >= 0.3 is 5.97 Å². The summed E-state index contributed by atoms with van der Waals surface area (Å²) in [5.41, 5.74) is 4.12. The van der Waals surface area contributed by atoms with Crippen LogP contribution in [0.3, 0.4) is 0 Å². The highest BCUT2D eigenvalue weighted by Gasteiger charge is 2.48. The van der Waals surface area contributed by atoms with Gasteiger partial charge in [0, 0.05) is 29.6 Å². The van der Waals surface area contributed by atoms with Crippen molar-refractivity contribution in [3.8, 4) is 16.9 Å². The molecule has 0 aliphatic carbocycles. The van der Waals surface area contributed by atoms with E-state index in [4.69, 9.17) is 9.47 Å². The van der Waals surface area contributed by atoms with Crippen molar-refractivity contribution in [2.75, 3.05) is 24.6 Å². The van der Waals surface area contributed by atoms with E-state index in [0.29, 0.717) is 31.7 Å². The number of carbonyl (C=O) groups excluding carboxylic acids is 3. The lowest BCUT2D eigenvalue weighted by atomic mass is 9.95. The summed E-state index contributed by atoms with van der Waals surface area (Å²) in [6.45, 7) is 5.79. The Labute approximate surface area is 224 Å². The molecule has 2 amide bonds. The average Bonchev–Trinajstić information content (AvgIpc) is 3.61. The lowest BCUT2D eigenvalue weighted by molar-refractivity contribution is -0.149. The molecule has 0 saturated carbocycles. The van der Waals surface area contributed by atoms with Crippen LogP contribution in [0.25, 0.3) is 11.1 Å². The molecule has 2 saturated heterocycles. The highest BCUT2D eigenvalue weighted by atomic mass is 32.2. The molecule has 3 atom stereocenters. The zero-order valence-electron chi connectivity index (χ0n) is 21.2. The van der Waals surface area contributed by atoms with Gasteiger partial charge in [-0.2, -0.15) is 0 Å². The molecule has 0 spiro atoms. The molecular weight excluding hydrogens is 504 g/mol. The van der Waals surface area contributed by atoms with Gasteiger partial charge in [-0.15, -0.1) is 0 Å². The van der Waals surface area contributed by atoms with Gasteiger partial charge in [0.1, 0.15) is 24.5 Å². The van der Waals surface area contributed by atoms with E-state index >= 15 is 0 Å². The fraction of sp³-hybridized carbons (Fsp3) is 0.393. The number of fused-ring (bicyclic) bond motifs is 3. The molecule has 2 fully saturated rings. The molecular formula is C28H28N4O5S.